The summed E-state index contributed by atoms with van der Waals surface area (Å²) in [6.45, 7) is 0.579. The number of fused-ring (bicyclic) bond motifs is 1. The smallest absolute Gasteiger partial charge is 0.300 e. The number of hydrogen-bond donors (Lipinski definition) is 1. The van der Waals surface area contributed by atoms with Crippen LogP contribution in [0.1, 0.15) is 22.9 Å². The van der Waals surface area contributed by atoms with Gasteiger partial charge in [-0.25, -0.2) is 0 Å². The number of anilines is 1. The zero-order chi connectivity index (χ0) is 22.2. The molecule has 32 heavy (non-hydrogen) atoms. The minimum Gasteiger partial charge on any atom is -0.507 e. The van der Waals surface area contributed by atoms with E-state index in [4.69, 9.17) is 9.47 Å². The van der Waals surface area contributed by atoms with Crippen LogP contribution in [0.4, 0.5) is 5.69 Å². The van der Waals surface area contributed by atoms with Crippen molar-refractivity contribution in [2.45, 2.75) is 12.5 Å². The van der Waals surface area contributed by atoms with E-state index in [0.29, 0.717) is 29.3 Å². The number of carbonyl (C=O) groups excluding carboxylic acids is 2. The summed E-state index contributed by atoms with van der Waals surface area (Å²) >= 11 is 0. The monoisotopic (exact) mass is 428 g/mol. The van der Waals surface area contributed by atoms with Crippen molar-refractivity contribution in [3.05, 3.63) is 89.3 Å². The molecule has 2 aliphatic heterocycles. The van der Waals surface area contributed by atoms with Crippen LogP contribution in [0.3, 0.4) is 0 Å². The molecule has 0 bridgehead atoms. The number of ether oxygens (including phenoxy) is 2. The fraction of sp³-hybridized carbons (Fsp3) is 0.160. The zero-order valence-electron chi connectivity index (χ0n) is 17.3. The van der Waals surface area contributed by atoms with Gasteiger partial charge in [0.1, 0.15) is 23.3 Å². The molecule has 1 saturated heterocycles. The van der Waals surface area contributed by atoms with Crippen molar-refractivity contribution in [2.75, 3.05) is 18.6 Å². The summed E-state index contributed by atoms with van der Waals surface area (Å²) < 4.78 is 10.7. The average molecular weight is 428 g/mol. The van der Waals surface area contributed by atoms with Crippen LogP contribution in [-0.2, 0) is 16.0 Å². The van der Waals surface area contributed by atoms with Gasteiger partial charge < -0.3 is 14.6 Å². The molecular weight excluding hydrogens is 408 g/mol. The Morgan fingerprint density at radius 3 is 2.66 bits per heavy atom. The van der Waals surface area contributed by atoms with Crippen LogP contribution in [0.25, 0.3) is 5.76 Å². The zero-order valence-corrected chi connectivity index (χ0v) is 17.3. The first-order chi connectivity index (χ1) is 15.6. The van der Waals surface area contributed by atoms with Crippen molar-refractivity contribution in [3.8, 4) is 11.5 Å². The quantitative estimate of drug-likeness (QED) is 0.388. The summed E-state index contributed by atoms with van der Waals surface area (Å²) in [5.74, 6) is -0.325. The molecule has 2 aromatic carbocycles. The summed E-state index contributed by atoms with van der Waals surface area (Å²) in [6.07, 6.45) is 2.32. The molecule has 0 spiro atoms. The number of aliphatic hydroxyl groups is 1. The Morgan fingerprint density at radius 1 is 1.12 bits per heavy atom. The second kappa shape index (κ2) is 7.85. The summed E-state index contributed by atoms with van der Waals surface area (Å²) in [4.78, 5) is 32.0. The molecule has 0 radical (unpaired) electrons. The van der Waals surface area contributed by atoms with Crippen LogP contribution >= 0.6 is 0 Å². The molecule has 0 saturated carbocycles. The number of benzene rings is 2. The van der Waals surface area contributed by atoms with Crippen molar-refractivity contribution < 1.29 is 24.2 Å². The van der Waals surface area contributed by atoms with E-state index in [9.17, 15) is 14.7 Å². The van der Waals surface area contributed by atoms with Crippen LogP contribution in [0.2, 0.25) is 0 Å². The van der Waals surface area contributed by atoms with Crippen LogP contribution in [0.5, 0.6) is 11.5 Å². The highest BCUT2D eigenvalue weighted by Gasteiger charge is 2.47. The maximum absolute atomic E-state index is 13.2. The largest absolute Gasteiger partial charge is 0.507 e. The molecule has 1 unspecified atom stereocenters. The average Bonchev–Trinajstić information content (AvgIpc) is 3.41. The second-order valence-electron chi connectivity index (χ2n) is 7.54. The van der Waals surface area contributed by atoms with Crippen LogP contribution in [0, 0.1) is 0 Å². The lowest BCUT2D eigenvalue weighted by Gasteiger charge is -2.24. The molecule has 1 fully saturated rings. The molecule has 5 rings (SSSR count). The molecular formula is C25H20N2O5. The predicted molar refractivity (Wildman–Crippen MR) is 118 cm³/mol. The molecule has 1 amide bonds. The van der Waals surface area contributed by atoms with Crippen molar-refractivity contribution in [2.24, 2.45) is 0 Å². The number of aromatic nitrogens is 1. The van der Waals surface area contributed by atoms with Gasteiger partial charge in [0.2, 0.25) is 0 Å². The van der Waals surface area contributed by atoms with Crippen LogP contribution in [0.15, 0.2) is 72.4 Å². The van der Waals surface area contributed by atoms with E-state index in [1.807, 2.05) is 0 Å². The van der Waals surface area contributed by atoms with Crippen molar-refractivity contribution in [1.82, 2.24) is 4.98 Å². The van der Waals surface area contributed by atoms with E-state index in [2.05, 4.69) is 4.98 Å². The van der Waals surface area contributed by atoms with Gasteiger partial charge in [-0.15, -0.1) is 0 Å². The van der Waals surface area contributed by atoms with E-state index in [-0.39, 0.29) is 11.3 Å². The molecule has 1 aromatic heterocycles. The van der Waals surface area contributed by atoms with Gasteiger partial charge >= 0.3 is 0 Å². The predicted octanol–water partition coefficient (Wildman–Crippen LogP) is 3.65. The molecule has 3 heterocycles. The first-order valence-electron chi connectivity index (χ1n) is 10.2. The number of carbonyl (C=O) groups is 2. The van der Waals surface area contributed by atoms with Gasteiger partial charge in [0.15, 0.2) is 0 Å². The number of rotatable bonds is 4. The van der Waals surface area contributed by atoms with Gasteiger partial charge in [-0.1, -0.05) is 6.07 Å². The van der Waals surface area contributed by atoms with Crippen molar-refractivity contribution in [3.63, 3.8) is 0 Å². The van der Waals surface area contributed by atoms with E-state index in [0.717, 1.165) is 17.7 Å². The van der Waals surface area contributed by atoms with E-state index in [1.165, 1.54) is 4.90 Å². The van der Waals surface area contributed by atoms with E-state index >= 15 is 0 Å². The first-order valence-corrected chi connectivity index (χ1v) is 10.2. The number of nitrogens with zero attached hydrogens (tertiary/aromatic N) is 2. The topological polar surface area (TPSA) is 89.0 Å². The third-order valence-corrected chi connectivity index (χ3v) is 5.73. The Morgan fingerprint density at radius 2 is 1.94 bits per heavy atom. The Bertz CT molecular complexity index is 1230. The maximum atomic E-state index is 13.2. The molecule has 1 atom stereocenters. The Kier molecular flexibility index (Phi) is 4.86. The third kappa shape index (κ3) is 3.19. The van der Waals surface area contributed by atoms with Gasteiger partial charge in [-0.05, 0) is 60.2 Å². The minimum absolute atomic E-state index is 0.00313. The number of amides is 1. The molecule has 3 aromatic rings. The summed E-state index contributed by atoms with van der Waals surface area (Å²) in [7, 11) is 1.55. The minimum atomic E-state index is -0.867. The molecule has 2 aliphatic rings. The maximum Gasteiger partial charge on any atom is 0.300 e. The lowest BCUT2D eigenvalue weighted by atomic mass is 9.97. The lowest BCUT2D eigenvalue weighted by molar-refractivity contribution is -0.132. The van der Waals surface area contributed by atoms with Crippen molar-refractivity contribution >= 4 is 23.1 Å². The first kappa shape index (κ1) is 19.8. The highest BCUT2D eigenvalue weighted by atomic mass is 16.5. The molecule has 7 nitrogen and oxygen atoms in total. The Balaban J connectivity index is 1.67. The number of aliphatic hydroxyl groups excluding tert-OH is 1. The number of Topliss-reactive ketones (excluding diaryl/α,β-unsaturated/α-hetero) is 1. The van der Waals surface area contributed by atoms with Gasteiger partial charge in [-0.3, -0.25) is 19.5 Å². The summed E-state index contributed by atoms with van der Waals surface area (Å²) in [5, 5.41) is 11.2. The highest BCUT2D eigenvalue weighted by Crippen LogP contribution is 2.42. The number of methoxy groups -OCH3 is 1. The van der Waals surface area contributed by atoms with Crippen LogP contribution in [-0.4, -0.2) is 35.5 Å². The second-order valence-corrected chi connectivity index (χ2v) is 7.54. The number of hydrogen-bond acceptors (Lipinski definition) is 6. The van der Waals surface area contributed by atoms with Gasteiger partial charge in [0.05, 0.1) is 25.0 Å². The number of pyridine rings is 1. The molecule has 0 aliphatic carbocycles. The molecule has 7 heteroatoms. The van der Waals surface area contributed by atoms with E-state index < -0.39 is 17.7 Å². The SMILES string of the molecule is COc1ccc(N2C(=O)C(=O)/C(=C(\O)c3ccc4c(c3)CCO4)C2c2ccccn2)cc1. The highest BCUT2D eigenvalue weighted by molar-refractivity contribution is 6.51. The Hall–Kier alpha value is -4.13. The fourth-order valence-electron chi connectivity index (χ4n) is 4.15. The van der Waals surface area contributed by atoms with Crippen LogP contribution < -0.4 is 14.4 Å². The molecule has 1 N–H and O–H groups in total. The normalized spacial score (nSPS) is 19.0. The summed E-state index contributed by atoms with van der Waals surface area (Å²) in [6, 6.07) is 16.5. The third-order valence-electron chi connectivity index (χ3n) is 5.73. The Labute approximate surface area is 184 Å². The van der Waals surface area contributed by atoms with Gasteiger partial charge in [-0.2, -0.15) is 0 Å². The molecule has 160 valence electrons. The number of ketones is 1. The van der Waals surface area contributed by atoms with Gasteiger partial charge in [0.25, 0.3) is 11.7 Å². The lowest BCUT2D eigenvalue weighted by Crippen LogP contribution is -2.29. The van der Waals surface area contributed by atoms with Gasteiger partial charge in [0, 0.05) is 23.9 Å². The summed E-state index contributed by atoms with van der Waals surface area (Å²) in [5.41, 5.74) is 2.40. The fourth-order valence-corrected chi connectivity index (χ4v) is 4.15. The van der Waals surface area contributed by atoms with E-state index in [1.54, 1.807) is 74.0 Å². The standard InChI is InChI=1S/C25H20N2O5/c1-31-18-8-6-17(7-9-18)27-22(19-4-2-3-12-26-19)21(24(29)25(27)30)23(28)16-5-10-20-15(14-16)11-13-32-20/h2-10,12,14,22,28H,11,13H2,1H3/b23-21-. The van der Waals surface area contributed by atoms with Crippen molar-refractivity contribution in [1.29, 1.82) is 0 Å².